The predicted molar refractivity (Wildman–Crippen MR) is 70.6 cm³/mol. The van der Waals surface area contributed by atoms with Gasteiger partial charge >= 0.3 is 5.97 Å². The Bertz CT molecular complexity index is 599. The maximum Gasteiger partial charge on any atom is 0.303 e. The van der Waals surface area contributed by atoms with Crippen molar-refractivity contribution < 1.29 is 9.90 Å². The lowest BCUT2D eigenvalue weighted by Gasteiger charge is -2.05. The number of hydrogen-bond donors (Lipinski definition) is 1. The first-order valence-corrected chi connectivity index (χ1v) is 5.90. The van der Waals surface area contributed by atoms with Crippen LogP contribution in [0, 0.1) is 6.92 Å². The van der Waals surface area contributed by atoms with Crippen LogP contribution in [0.25, 0.3) is 11.0 Å². The van der Waals surface area contributed by atoms with Gasteiger partial charge in [-0.05, 0) is 24.6 Å². The maximum atomic E-state index is 10.7. The van der Waals surface area contributed by atoms with Gasteiger partial charge in [-0.25, -0.2) is 4.98 Å². The third-order valence-corrected chi connectivity index (χ3v) is 2.86. The maximum absolute atomic E-state index is 10.7. The first kappa shape index (κ1) is 12.4. The van der Waals surface area contributed by atoms with Crippen LogP contribution in [0.2, 0.25) is 0 Å². The number of rotatable bonds is 5. The fourth-order valence-corrected chi connectivity index (χ4v) is 2.03. The molecule has 0 bridgehead atoms. The molecule has 0 aliphatic carbocycles. The first-order chi connectivity index (χ1) is 8.61. The monoisotopic (exact) mass is 244 g/mol. The number of aliphatic carboxylic acids is 1. The largest absolute Gasteiger partial charge is 0.481 e. The van der Waals surface area contributed by atoms with E-state index in [-0.39, 0.29) is 6.42 Å². The van der Waals surface area contributed by atoms with Crippen LogP contribution in [0.5, 0.6) is 0 Å². The number of carboxylic acids is 1. The number of nitrogens with zero attached hydrogens (tertiary/aromatic N) is 2. The Labute approximate surface area is 106 Å². The lowest BCUT2D eigenvalue weighted by atomic mass is 10.2. The first-order valence-electron chi connectivity index (χ1n) is 5.90. The van der Waals surface area contributed by atoms with Crippen LogP contribution in [0.1, 0.15) is 17.8 Å². The Morgan fingerprint density at radius 1 is 1.56 bits per heavy atom. The van der Waals surface area contributed by atoms with Crippen molar-refractivity contribution in [2.24, 2.45) is 0 Å². The Kier molecular flexibility index (Phi) is 3.46. The molecule has 0 saturated heterocycles. The molecule has 0 radical (unpaired) electrons. The highest BCUT2D eigenvalue weighted by Gasteiger charge is 2.11. The van der Waals surface area contributed by atoms with E-state index in [4.69, 9.17) is 5.11 Å². The van der Waals surface area contributed by atoms with Gasteiger partial charge in [-0.2, -0.15) is 0 Å². The Hall–Kier alpha value is -2.10. The van der Waals surface area contributed by atoms with Gasteiger partial charge in [-0.15, -0.1) is 6.58 Å². The van der Waals surface area contributed by atoms with E-state index in [1.807, 2.05) is 29.7 Å². The molecule has 1 aromatic heterocycles. The van der Waals surface area contributed by atoms with Crippen molar-refractivity contribution in [2.75, 3.05) is 0 Å². The smallest absolute Gasteiger partial charge is 0.303 e. The third-order valence-electron chi connectivity index (χ3n) is 2.86. The molecular formula is C14H16N2O2. The fraction of sp³-hybridized carbons (Fsp3) is 0.286. The minimum Gasteiger partial charge on any atom is -0.481 e. The molecule has 0 unspecified atom stereocenters. The third kappa shape index (κ3) is 2.42. The molecule has 94 valence electrons. The van der Waals surface area contributed by atoms with Crippen molar-refractivity contribution in [3.63, 3.8) is 0 Å². The number of imidazole rings is 1. The molecule has 1 aromatic carbocycles. The van der Waals surface area contributed by atoms with Gasteiger partial charge in [0.2, 0.25) is 0 Å². The van der Waals surface area contributed by atoms with Crippen LogP contribution in [-0.2, 0) is 17.8 Å². The topological polar surface area (TPSA) is 55.1 Å². The molecule has 2 rings (SSSR count). The summed E-state index contributed by atoms with van der Waals surface area (Å²) in [6.45, 7) is 6.40. The number of fused-ring (bicyclic) bond motifs is 1. The molecule has 2 aromatic rings. The van der Waals surface area contributed by atoms with Crippen LogP contribution in [0.3, 0.4) is 0 Å². The number of aromatic nitrogens is 2. The van der Waals surface area contributed by atoms with Crippen LogP contribution < -0.4 is 0 Å². The number of hydrogen-bond acceptors (Lipinski definition) is 2. The highest BCUT2D eigenvalue weighted by atomic mass is 16.4. The predicted octanol–water partition coefficient (Wildman–Crippen LogP) is 2.55. The average Bonchev–Trinajstić information content (AvgIpc) is 2.64. The van der Waals surface area contributed by atoms with Crippen LogP contribution in [0.4, 0.5) is 0 Å². The van der Waals surface area contributed by atoms with Crippen molar-refractivity contribution >= 4 is 17.0 Å². The minimum absolute atomic E-state index is 0.0967. The molecule has 1 N–H and O–H groups in total. The fourth-order valence-electron chi connectivity index (χ4n) is 2.03. The van der Waals surface area contributed by atoms with Crippen molar-refractivity contribution in [2.45, 2.75) is 26.3 Å². The van der Waals surface area contributed by atoms with Crippen molar-refractivity contribution in [1.82, 2.24) is 9.55 Å². The Balaban J connectivity index is 2.46. The lowest BCUT2D eigenvalue weighted by Crippen LogP contribution is -2.05. The summed E-state index contributed by atoms with van der Waals surface area (Å²) in [6.07, 6.45) is 2.33. The van der Waals surface area contributed by atoms with Gasteiger partial charge in [0, 0.05) is 13.0 Å². The summed E-state index contributed by atoms with van der Waals surface area (Å²) in [5, 5.41) is 8.76. The zero-order chi connectivity index (χ0) is 13.1. The molecule has 1 heterocycles. The van der Waals surface area contributed by atoms with Gasteiger partial charge in [0.1, 0.15) is 5.82 Å². The van der Waals surface area contributed by atoms with E-state index >= 15 is 0 Å². The van der Waals surface area contributed by atoms with E-state index in [2.05, 4.69) is 11.6 Å². The number of aryl methyl sites for hydroxylation is 2. The minimum atomic E-state index is -0.802. The molecule has 0 aliphatic heterocycles. The molecule has 0 aliphatic rings. The quantitative estimate of drug-likeness (QED) is 0.822. The summed E-state index contributed by atoms with van der Waals surface area (Å²) in [7, 11) is 0. The molecule has 0 saturated carbocycles. The van der Waals surface area contributed by atoms with Crippen molar-refractivity contribution in [1.29, 1.82) is 0 Å². The standard InChI is InChI=1S/C14H16N2O2/c1-3-8-16-12-5-4-10(2)9-11(12)15-13(16)6-7-14(17)18/h3-5,9H,1,6-8H2,2H3,(H,17,18). The average molecular weight is 244 g/mol. The van der Waals surface area contributed by atoms with Gasteiger partial charge in [0.15, 0.2) is 0 Å². The SMILES string of the molecule is C=CCn1c(CCC(=O)O)nc2cc(C)ccc21. The van der Waals surface area contributed by atoms with Gasteiger partial charge in [0.25, 0.3) is 0 Å². The van der Waals surface area contributed by atoms with Gasteiger partial charge in [-0.3, -0.25) is 4.79 Å². The summed E-state index contributed by atoms with van der Waals surface area (Å²) in [5.74, 6) is 0.00119. The Morgan fingerprint density at radius 3 is 3.00 bits per heavy atom. The molecule has 0 spiro atoms. The molecule has 0 atom stereocenters. The highest BCUT2D eigenvalue weighted by Crippen LogP contribution is 2.19. The molecule has 4 heteroatoms. The van der Waals surface area contributed by atoms with Gasteiger partial charge in [-0.1, -0.05) is 12.1 Å². The van der Waals surface area contributed by atoms with E-state index in [0.717, 1.165) is 22.4 Å². The molecule has 0 amide bonds. The van der Waals surface area contributed by atoms with E-state index < -0.39 is 5.97 Å². The molecule has 4 nitrogen and oxygen atoms in total. The summed E-state index contributed by atoms with van der Waals surface area (Å²) < 4.78 is 2.02. The van der Waals surface area contributed by atoms with Crippen LogP contribution >= 0.6 is 0 Å². The second-order valence-corrected chi connectivity index (χ2v) is 4.31. The second kappa shape index (κ2) is 5.04. The van der Waals surface area contributed by atoms with Gasteiger partial charge < -0.3 is 9.67 Å². The second-order valence-electron chi connectivity index (χ2n) is 4.31. The number of carbonyl (C=O) groups is 1. The normalized spacial score (nSPS) is 10.7. The number of benzene rings is 1. The molecule has 18 heavy (non-hydrogen) atoms. The van der Waals surface area contributed by atoms with E-state index in [1.165, 1.54) is 0 Å². The van der Waals surface area contributed by atoms with E-state index in [1.54, 1.807) is 6.08 Å². The molecular weight excluding hydrogens is 228 g/mol. The van der Waals surface area contributed by atoms with E-state index in [0.29, 0.717) is 13.0 Å². The summed E-state index contributed by atoms with van der Waals surface area (Å²) >= 11 is 0. The van der Waals surface area contributed by atoms with Crippen LogP contribution in [-0.4, -0.2) is 20.6 Å². The lowest BCUT2D eigenvalue weighted by molar-refractivity contribution is -0.137. The Morgan fingerprint density at radius 2 is 2.33 bits per heavy atom. The van der Waals surface area contributed by atoms with Gasteiger partial charge in [0.05, 0.1) is 17.5 Å². The zero-order valence-corrected chi connectivity index (χ0v) is 10.4. The summed E-state index contributed by atoms with van der Waals surface area (Å²) in [5.41, 5.74) is 3.09. The molecule has 0 fully saturated rings. The summed E-state index contributed by atoms with van der Waals surface area (Å²) in [6, 6.07) is 6.06. The highest BCUT2D eigenvalue weighted by molar-refractivity contribution is 5.77. The number of allylic oxidation sites excluding steroid dienone is 1. The summed E-state index contributed by atoms with van der Waals surface area (Å²) in [4.78, 5) is 15.2. The van der Waals surface area contributed by atoms with Crippen LogP contribution in [0.15, 0.2) is 30.9 Å². The van der Waals surface area contributed by atoms with Crippen molar-refractivity contribution in [3.05, 3.63) is 42.2 Å². The zero-order valence-electron chi connectivity index (χ0n) is 10.4. The van der Waals surface area contributed by atoms with E-state index in [9.17, 15) is 4.79 Å². The van der Waals surface area contributed by atoms with Crippen molar-refractivity contribution in [3.8, 4) is 0 Å². The number of carboxylic acid groups (broad SMARTS) is 1.